The van der Waals surface area contributed by atoms with E-state index in [1.165, 1.54) is 12.5 Å². The zero-order valence-electron chi connectivity index (χ0n) is 26.1. The predicted octanol–water partition coefficient (Wildman–Crippen LogP) is 6.85. The topological polar surface area (TPSA) is 71.1 Å². The van der Waals surface area contributed by atoms with Crippen LogP contribution in [0.1, 0.15) is 107 Å². The fourth-order valence-corrected chi connectivity index (χ4v) is 10.2. The summed E-state index contributed by atoms with van der Waals surface area (Å²) in [6, 6.07) is 0. The Hall–Kier alpha value is -1.40. The minimum Gasteiger partial charge on any atom is -0.463 e. The Morgan fingerprint density at radius 3 is 2.40 bits per heavy atom. The van der Waals surface area contributed by atoms with Crippen LogP contribution in [-0.4, -0.2) is 42.6 Å². The molecule has 12 atom stereocenters. The molecule has 0 aromatic carbocycles. The van der Waals surface area contributed by atoms with E-state index in [9.17, 15) is 9.59 Å². The fraction of sp³-hybridized carbons (Fsp3) is 0.882. The summed E-state index contributed by atoms with van der Waals surface area (Å²) in [6.07, 6.45) is 10.5. The minimum absolute atomic E-state index is 0.00299. The van der Waals surface area contributed by atoms with Crippen molar-refractivity contribution >= 4 is 11.9 Å². The summed E-state index contributed by atoms with van der Waals surface area (Å²) < 4.78 is 25.8. The van der Waals surface area contributed by atoms with Gasteiger partial charge in [-0.2, -0.15) is 0 Å². The summed E-state index contributed by atoms with van der Waals surface area (Å²) in [5.74, 6) is 1.65. The lowest BCUT2D eigenvalue weighted by Gasteiger charge is -2.61. The second-order valence-corrected chi connectivity index (χ2v) is 15.9. The Morgan fingerprint density at radius 1 is 1.00 bits per heavy atom. The lowest BCUT2D eigenvalue weighted by atomic mass is 9.44. The van der Waals surface area contributed by atoms with Crippen molar-refractivity contribution in [1.29, 1.82) is 0 Å². The van der Waals surface area contributed by atoms with Gasteiger partial charge in [-0.15, -0.1) is 0 Å². The molecule has 0 radical (unpaired) electrons. The van der Waals surface area contributed by atoms with Gasteiger partial charge in [-0.05, 0) is 94.8 Å². The van der Waals surface area contributed by atoms with Crippen molar-refractivity contribution in [2.24, 2.45) is 51.8 Å². The molecule has 6 nitrogen and oxygen atoms in total. The van der Waals surface area contributed by atoms with Gasteiger partial charge >= 0.3 is 11.9 Å². The highest BCUT2D eigenvalue weighted by Gasteiger charge is 2.69. The Balaban J connectivity index is 1.35. The van der Waals surface area contributed by atoms with Gasteiger partial charge in [0.15, 0.2) is 5.79 Å². The normalized spacial score (nSPS) is 49.8. The molecule has 2 saturated heterocycles. The molecule has 5 fully saturated rings. The van der Waals surface area contributed by atoms with Crippen LogP contribution in [0.25, 0.3) is 0 Å². The van der Waals surface area contributed by atoms with E-state index in [-0.39, 0.29) is 52.9 Å². The molecule has 0 amide bonds. The molecule has 40 heavy (non-hydrogen) atoms. The van der Waals surface area contributed by atoms with Crippen molar-refractivity contribution in [3.63, 3.8) is 0 Å². The van der Waals surface area contributed by atoms with Crippen LogP contribution in [0.15, 0.2) is 11.6 Å². The van der Waals surface area contributed by atoms with Gasteiger partial charge < -0.3 is 18.9 Å². The first-order valence-corrected chi connectivity index (χ1v) is 16.1. The van der Waals surface area contributed by atoms with Crippen LogP contribution in [0.4, 0.5) is 0 Å². The molecule has 0 N–H and O–H groups in total. The number of esters is 2. The van der Waals surface area contributed by atoms with Gasteiger partial charge in [0.25, 0.3) is 0 Å². The maximum Gasteiger partial charge on any atom is 0.311 e. The summed E-state index contributed by atoms with van der Waals surface area (Å²) in [7, 11) is 0. The van der Waals surface area contributed by atoms with E-state index in [0.29, 0.717) is 23.7 Å². The Kier molecular flexibility index (Phi) is 6.86. The first-order valence-electron chi connectivity index (χ1n) is 16.1. The molecule has 0 bridgehead atoms. The number of carbonyl (C=O) groups excluding carboxylic acids is 2. The zero-order chi connectivity index (χ0) is 28.8. The molecule has 224 valence electrons. The van der Waals surface area contributed by atoms with Crippen LogP contribution in [0, 0.1) is 51.8 Å². The van der Waals surface area contributed by atoms with Gasteiger partial charge in [-0.1, -0.05) is 39.3 Å². The second-order valence-electron chi connectivity index (χ2n) is 15.9. The molecular weight excluding hydrogens is 504 g/mol. The van der Waals surface area contributed by atoms with E-state index in [1.54, 1.807) is 0 Å². The highest BCUT2D eigenvalue weighted by Crippen LogP contribution is 2.70. The molecule has 6 heteroatoms. The lowest BCUT2D eigenvalue weighted by Crippen LogP contribution is -2.58. The van der Waals surface area contributed by atoms with Crippen molar-refractivity contribution in [2.75, 3.05) is 6.61 Å². The first-order chi connectivity index (χ1) is 18.7. The van der Waals surface area contributed by atoms with Crippen LogP contribution < -0.4 is 0 Å². The summed E-state index contributed by atoms with van der Waals surface area (Å²) >= 11 is 0. The minimum atomic E-state index is -0.558. The highest BCUT2D eigenvalue weighted by atomic mass is 16.7. The Labute approximate surface area is 241 Å². The fourth-order valence-electron chi connectivity index (χ4n) is 10.2. The van der Waals surface area contributed by atoms with Crippen LogP contribution in [0.2, 0.25) is 0 Å². The van der Waals surface area contributed by atoms with Gasteiger partial charge in [-0.25, -0.2) is 0 Å². The van der Waals surface area contributed by atoms with Crippen LogP contribution >= 0.6 is 0 Å². The SMILES string of the molecule is CC(=O)O[C@H]1CC[C@@]2(C)[C@@H](CC[C@H]3C4=C[C@@H]5O[C@]6(CC[C@H](C)CO6)[C@@H](C)[C@@H]5[C@@]4(C)[C@@H](OC(=O)C(C)(C)C)C[C@@H]32)C1. The molecule has 6 aliphatic rings. The molecule has 2 aliphatic heterocycles. The van der Waals surface area contributed by atoms with E-state index in [4.69, 9.17) is 18.9 Å². The Morgan fingerprint density at radius 2 is 1.75 bits per heavy atom. The van der Waals surface area contributed by atoms with E-state index < -0.39 is 11.2 Å². The molecule has 0 aromatic rings. The maximum atomic E-state index is 13.5. The largest absolute Gasteiger partial charge is 0.463 e. The average molecular weight is 557 g/mol. The van der Waals surface area contributed by atoms with E-state index in [1.807, 2.05) is 20.8 Å². The summed E-state index contributed by atoms with van der Waals surface area (Å²) in [6.45, 7) is 17.6. The predicted molar refractivity (Wildman–Crippen MR) is 152 cm³/mol. The zero-order valence-corrected chi connectivity index (χ0v) is 26.1. The van der Waals surface area contributed by atoms with E-state index in [0.717, 1.165) is 58.0 Å². The number of rotatable bonds is 2. The van der Waals surface area contributed by atoms with Crippen LogP contribution in [0.3, 0.4) is 0 Å². The summed E-state index contributed by atoms with van der Waals surface area (Å²) in [5, 5.41) is 0. The third-order valence-corrected chi connectivity index (χ3v) is 12.6. The van der Waals surface area contributed by atoms with Crippen molar-refractivity contribution in [3.05, 3.63) is 11.6 Å². The maximum absolute atomic E-state index is 13.5. The molecule has 6 rings (SSSR count). The van der Waals surface area contributed by atoms with Gasteiger partial charge in [0.1, 0.15) is 12.2 Å². The molecule has 2 heterocycles. The molecule has 4 aliphatic carbocycles. The van der Waals surface area contributed by atoms with Crippen LogP contribution in [0.5, 0.6) is 0 Å². The van der Waals surface area contributed by atoms with Gasteiger partial charge in [0, 0.05) is 30.6 Å². The van der Waals surface area contributed by atoms with Crippen LogP contribution in [-0.2, 0) is 28.5 Å². The van der Waals surface area contributed by atoms with E-state index >= 15 is 0 Å². The molecule has 0 unspecified atom stereocenters. The van der Waals surface area contributed by atoms with Gasteiger partial charge in [0.05, 0.1) is 18.1 Å². The highest BCUT2D eigenvalue weighted by molar-refractivity contribution is 5.75. The molecular formula is C34H52O6. The average Bonchev–Trinajstić information content (AvgIpc) is 3.31. The second kappa shape index (κ2) is 9.56. The molecule has 3 saturated carbocycles. The molecule has 1 spiro atoms. The third-order valence-electron chi connectivity index (χ3n) is 12.6. The first kappa shape index (κ1) is 28.7. The third kappa shape index (κ3) is 4.24. The van der Waals surface area contributed by atoms with Crippen molar-refractivity contribution < 1.29 is 28.5 Å². The number of hydrogen-bond donors (Lipinski definition) is 0. The number of ether oxygens (including phenoxy) is 4. The smallest absolute Gasteiger partial charge is 0.311 e. The van der Waals surface area contributed by atoms with Gasteiger partial charge in [0.2, 0.25) is 0 Å². The number of hydrogen-bond acceptors (Lipinski definition) is 6. The number of fused-ring (bicyclic) bond motifs is 7. The summed E-state index contributed by atoms with van der Waals surface area (Å²) in [4.78, 5) is 25.2. The standard InChI is InChI=1S/C34H52O6/c1-19-11-14-34(37-18-19)20(2)29-27(40-34)16-26-24-10-9-22-15-23(38-21(3)35)12-13-32(22,7)25(24)17-28(33(26,29)8)39-30(36)31(4,5)6/h16,19-20,22-25,27-29H,9-15,17-18H2,1-8H3/t19-,20-,22-,23-,24+,25-,27-,28-,29-,32-,33+,34+/m0/s1. The molecule has 0 aromatic heterocycles. The van der Waals surface area contributed by atoms with Crippen molar-refractivity contribution in [3.8, 4) is 0 Å². The number of carbonyl (C=O) groups is 2. The quantitative estimate of drug-likeness (QED) is 0.274. The summed E-state index contributed by atoms with van der Waals surface area (Å²) in [5.41, 5.74) is 0.804. The van der Waals surface area contributed by atoms with Crippen molar-refractivity contribution in [2.45, 2.75) is 131 Å². The van der Waals surface area contributed by atoms with Crippen molar-refractivity contribution in [1.82, 2.24) is 0 Å². The van der Waals surface area contributed by atoms with Gasteiger partial charge in [-0.3, -0.25) is 9.59 Å². The Bertz CT molecular complexity index is 1060. The lowest BCUT2D eigenvalue weighted by molar-refractivity contribution is -0.265. The van der Waals surface area contributed by atoms with E-state index in [2.05, 4.69) is 33.8 Å². The monoisotopic (exact) mass is 556 g/mol.